The van der Waals surface area contributed by atoms with Crippen molar-refractivity contribution in [2.75, 3.05) is 6.54 Å². The van der Waals surface area contributed by atoms with Crippen molar-refractivity contribution < 1.29 is 4.79 Å². The first kappa shape index (κ1) is 21.5. The first-order chi connectivity index (χ1) is 10.6. The number of unbranched alkanes of at least 4 members (excludes halogenated alkanes) is 9. The highest BCUT2D eigenvalue weighted by Crippen LogP contribution is 2.15. The van der Waals surface area contributed by atoms with Gasteiger partial charge in [-0.1, -0.05) is 85.5 Å². The summed E-state index contributed by atoms with van der Waals surface area (Å²) in [6.07, 6.45) is 15.2. The molecule has 1 atom stereocenters. The van der Waals surface area contributed by atoms with Crippen LogP contribution in [0.2, 0.25) is 0 Å². The average molecular weight is 312 g/mol. The van der Waals surface area contributed by atoms with Gasteiger partial charge in [-0.3, -0.25) is 4.79 Å². The average Bonchev–Trinajstić information content (AvgIpc) is 2.50. The maximum Gasteiger partial charge on any atom is 0.220 e. The van der Waals surface area contributed by atoms with Gasteiger partial charge in [0.2, 0.25) is 5.91 Å². The molecule has 132 valence electrons. The maximum atomic E-state index is 11.7. The summed E-state index contributed by atoms with van der Waals surface area (Å²) in [5.74, 6) is 1.56. The largest absolute Gasteiger partial charge is 0.356 e. The lowest BCUT2D eigenvalue weighted by molar-refractivity contribution is -0.121. The number of hydrogen-bond acceptors (Lipinski definition) is 1. The molecule has 0 aromatic carbocycles. The highest BCUT2D eigenvalue weighted by molar-refractivity contribution is 5.75. The zero-order valence-corrected chi connectivity index (χ0v) is 15.8. The number of carbonyl (C=O) groups excluding carboxylic acids is 1. The van der Waals surface area contributed by atoms with E-state index in [0.29, 0.717) is 18.3 Å². The topological polar surface area (TPSA) is 29.1 Å². The molecule has 0 rings (SSSR count). The number of amides is 1. The molecule has 0 aliphatic rings. The van der Waals surface area contributed by atoms with Gasteiger partial charge < -0.3 is 5.32 Å². The van der Waals surface area contributed by atoms with Crippen molar-refractivity contribution in [1.82, 2.24) is 5.32 Å². The minimum Gasteiger partial charge on any atom is -0.356 e. The maximum absolute atomic E-state index is 11.7. The van der Waals surface area contributed by atoms with Crippen molar-refractivity contribution in [3.8, 4) is 0 Å². The first-order valence-corrected chi connectivity index (χ1v) is 9.84. The van der Waals surface area contributed by atoms with Crippen molar-refractivity contribution in [3.63, 3.8) is 0 Å². The Hall–Kier alpha value is -0.530. The van der Waals surface area contributed by atoms with Gasteiger partial charge in [0.15, 0.2) is 0 Å². The van der Waals surface area contributed by atoms with Gasteiger partial charge in [-0.25, -0.2) is 0 Å². The molecule has 1 amide bonds. The third-order valence-corrected chi connectivity index (χ3v) is 4.82. The third kappa shape index (κ3) is 14.4. The Labute approximate surface area is 139 Å². The van der Waals surface area contributed by atoms with Crippen molar-refractivity contribution in [3.05, 3.63) is 0 Å². The van der Waals surface area contributed by atoms with E-state index in [9.17, 15) is 4.79 Å². The van der Waals surface area contributed by atoms with Crippen LogP contribution in [-0.2, 0) is 4.79 Å². The number of hydrogen-bond donors (Lipinski definition) is 1. The van der Waals surface area contributed by atoms with E-state index in [1.165, 1.54) is 57.8 Å². The molecule has 0 fully saturated rings. The molecule has 0 heterocycles. The summed E-state index contributed by atoms with van der Waals surface area (Å²) < 4.78 is 0. The zero-order valence-electron chi connectivity index (χ0n) is 15.8. The fraction of sp³-hybridized carbons (Fsp3) is 0.950. The van der Waals surface area contributed by atoms with Crippen molar-refractivity contribution >= 4 is 5.91 Å². The molecule has 0 spiro atoms. The molecule has 0 saturated carbocycles. The molecule has 0 radical (unpaired) electrons. The SMILES string of the molecule is CCCCCCCCCCCCNC(=O)CCC(C)C(C)C. The van der Waals surface area contributed by atoms with Gasteiger partial charge in [-0.05, 0) is 24.7 Å². The predicted octanol–water partition coefficient (Wildman–Crippen LogP) is 6.10. The fourth-order valence-electron chi connectivity index (χ4n) is 2.62. The van der Waals surface area contributed by atoms with Crippen LogP contribution in [0.4, 0.5) is 0 Å². The monoisotopic (exact) mass is 311 g/mol. The molecule has 0 aliphatic carbocycles. The first-order valence-electron chi connectivity index (χ1n) is 9.84. The molecule has 1 N–H and O–H groups in total. The molecule has 0 bridgehead atoms. The molecular formula is C20H41NO. The van der Waals surface area contributed by atoms with Crippen molar-refractivity contribution in [1.29, 1.82) is 0 Å². The van der Waals surface area contributed by atoms with E-state index in [0.717, 1.165) is 19.4 Å². The zero-order chi connectivity index (χ0) is 16.6. The summed E-state index contributed by atoms with van der Waals surface area (Å²) in [6.45, 7) is 9.83. The Bertz CT molecular complexity index is 250. The van der Waals surface area contributed by atoms with Crippen LogP contribution in [-0.4, -0.2) is 12.5 Å². The highest BCUT2D eigenvalue weighted by atomic mass is 16.1. The fourth-order valence-corrected chi connectivity index (χ4v) is 2.62. The van der Waals surface area contributed by atoms with E-state index in [1.54, 1.807) is 0 Å². The Morgan fingerprint density at radius 2 is 1.32 bits per heavy atom. The third-order valence-electron chi connectivity index (χ3n) is 4.82. The van der Waals surface area contributed by atoms with Gasteiger partial charge in [0, 0.05) is 13.0 Å². The summed E-state index contributed by atoms with van der Waals surface area (Å²) in [5, 5.41) is 3.06. The second kappa shape index (κ2) is 15.4. The molecule has 2 heteroatoms. The normalized spacial score (nSPS) is 12.6. The van der Waals surface area contributed by atoms with E-state index in [4.69, 9.17) is 0 Å². The lowest BCUT2D eigenvalue weighted by atomic mass is 9.93. The Kier molecular flexibility index (Phi) is 15.0. The van der Waals surface area contributed by atoms with Crippen LogP contribution in [0.15, 0.2) is 0 Å². The summed E-state index contributed by atoms with van der Waals surface area (Å²) in [7, 11) is 0. The highest BCUT2D eigenvalue weighted by Gasteiger charge is 2.09. The lowest BCUT2D eigenvalue weighted by Gasteiger charge is -2.14. The lowest BCUT2D eigenvalue weighted by Crippen LogP contribution is -2.25. The smallest absolute Gasteiger partial charge is 0.220 e. The Morgan fingerprint density at radius 3 is 1.82 bits per heavy atom. The van der Waals surface area contributed by atoms with Gasteiger partial charge in [0.25, 0.3) is 0 Å². The van der Waals surface area contributed by atoms with Gasteiger partial charge in [0.05, 0.1) is 0 Å². The van der Waals surface area contributed by atoms with Crippen molar-refractivity contribution in [2.24, 2.45) is 11.8 Å². The number of rotatable bonds is 15. The van der Waals surface area contributed by atoms with E-state index in [-0.39, 0.29) is 5.91 Å². The van der Waals surface area contributed by atoms with Gasteiger partial charge in [-0.15, -0.1) is 0 Å². The van der Waals surface area contributed by atoms with E-state index >= 15 is 0 Å². The summed E-state index contributed by atoms with van der Waals surface area (Å²) in [6, 6.07) is 0. The summed E-state index contributed by atoms with van der Waals surface area (Å²) in [5.41, 5.74) is 0. The quantitative estimate of drug-likeness (QED) is 0.364. The predicted molar refractivity (Wildman–Crippen MR) is 98.1 cm³/mol. The molecule has 0 aliphatic heterocycles. The molecule has 22 heavy (non-hydrogen) atoms. The van der Waals surface area contributed by atoms with E-state index in [1.807, 2.05) is 0 Å². The Balaban J connectivity index is 3.23. The summed E-state index contributed by atoms with van der Waals surface area (Å²) in [4.78, 5) is 11.7. The van der Waals surface area contributed by atoms with Crippen LogP contribution in [0.1, 0.15) is 105 Å². The second-order valence-electron chi connectivity index (χ2n) is 7.29. The molecule has 0 aromatic heterocycles. The van der Waals surface area contributed by atoms with Crippen LogP contribution in [0, 0.1) is 11.8 Å². The minimum atomic E-state index is 0.239. The Morgan fingerprint density at radius 1 is 0.818 bits per heavy atom. The van der Waals surface area contributed by atoms with Crippen LogP contribution >= 0.6 is 0 Å². The van der Waals surface area contributed by atoms with Crippen LogP contribution in [0.3, 0.4) is 0 Å². The number of nitrogens with one attached hydrogen (secondary N) is 1. The molecule has 0 saturated heterocycles. The molecule has 0 aromatic rings. The van der Waals surface area contributed by atoms with Gasteiger partial charge in [-0.2, -0.15) is 0 Å². The number of carbonyl (C=O) groups is 1. The standard InChI is InChI=1S/C20H41NO/c1-5-6-7-8-9-10-11-12-13-14-17-21-20(22)16-15-19(4)18(2)3/h18-19H,5-17H2,1-4H3,(H,21,22). The second-order valence-corrected chi connectivity index (χ2v) is 7.29. The summed E-state index contributed by atoms with van der Waals surface area (Å²) >= 11 is 0. The van der Waals surface area contributed by atoms with E-state index < -0.39 is 0 Å². The van der Waals surface area contributed by atoms with Gasteiger partial charge >= 0.3 is 0 Å². The van der Waals surface area contributed by atoms with Crippen LogP contribution < -0.4 is 5.32 Å². The van der Waals surface area contributed by atoms with E-state index in [2.05, 4.69) is 33.0 Å². The molecular weight excluding hydrogens is 270 g/mol. The minimum absolute atomic E-state index is 0.239. The molecule has 2 nitrogen and oxygen atoms in total. The van der Waals surface area contributed by atoms with Crippen LogP contribution in [0.5, 0.6) is 0 Å². The molecule has 1 unspecified atom stereocenters. The van der Waals surface area contributed by atoms with Gasteiger partial charge in [0.1, 0.15) is 0 Å². The van der Waals surface area contributed by atoms with Crippen LogP contribution in [0.25, 0.3) is 0 Å². The van der Waals surface area contributed by atoms with Crippen molar-refractivity contribution in [2.45, 2.75) is 105 Å².